The number of para-hydroxylation sites is 1. The number of aromatic nitrogens is 2. The van der Waals surface area contributed by atoms with Crippen LogP contribution in [0.3, 0.4) is 0 Å². The molecule has 0 amide bonds. The fraction of sp³-hybridized carbons (Fsp3) is 0.318. The number of anilines is 1. The van der Waals surface area contributed by atoms with E-state index in [0.29, 0.717) is 6.04 Å². The third-order valence-electron chi connectivity index (χ3n) is 5.01. The quantitative estimate of drug-likeness (QED) is 0.749. The van der Waals surface area contributed by atoms with Crippen molar-refractivity contribution < 1.29 is 0 Å². The highest BCUT2D eigenvalue weighted by molar-refractivity contribution is 5.43. The van der Waals surface area contributed by atoms with Gasteiger partial charge in [-0.05, 0) is 56.1 Å². The van der Waals surface area contributed by atoms with Crippen LogP contribution in [0.4, 0.5) is 5.69 Å². The lowest BCUT2D eigenvalue weighted by molar-refractivity contribution is 0.203. The minimum Gasteiger partial charge on any atom is -0.381 e. The number of hydrogen-bond acceptors (Lipinski definition) is 3. The van der Waals surface area contributed by atoms with Crippen molar-refractivity contribution in [3.8, 4) is 5.69 Å². The van der Waals surface area contributed by atoms with Crippen molar-refractivity contribution in [3.63, 3.8) is 0 Å². The van der Waals surface area contributed by atoms with Gasteiger partial charge in [-0.3, -0.25) is 4.90 Å². The molecule has 0 saturated carbocycles. The second kappa shape index (κ2) is 7.75. The lowest BCUT2D eigenvalue weighted by Crippen LogP contribution is -2.42. The standard InChI is InChI=1S/C22H26N4/c1-18-7-5-11-21(15-18)26-14-12-23-22(26)17-25-13-6-10-20(16-25)24-19-8-3-2-4-9-19/h2-5,7-9,11-12,14-15,20,24H,6,10,13,16-17H2,1H3. The normalized spacial score (nSPS) is 18.0. The average molecular weight is 346 g/mol. The van der Waals surface area contributed by atoms with Crippen molar-refractivity contribution in [3.05, 3.63) is 78.4 Å². The molecule has 4 heteroatoms. The predicted octanol–water partition coefficient (Wildman–Crippen LogP) is 4.26. The molecule has 3 aromatic rings. The minimum absolute atomic E-state index is 0.494. The molecule has 4 rings (SSSR count). The van der Waals surface area contributed by atoms with Gasteiger partial charge >= 0.3 is 0 Å². The molecular formula is C22H26N4. The van der Waals surface area contributed by atoms with Gasteiger partial charge < -0.3 is 9.88 Å². The Labute approximate surface area is 155 Å². The molecule has 1 aliphatic rings. The monoisotopic (exact) mass is 346 g/mol. The second-order valence-corrected chi connectivity index (χ2v) is 7.14. The number of rotatable bonds is 5. The van der Waals surface area contributed by atoms with Gasteiger partial charge in [-0.1, -0.05) is 30.3 Å². The Balaban J connectivity index is 1.44. The molecule has 2 aromatic carbocycles. The van der Waals surface area contributed by atoms with E-state index in [-0.39, 0.29) is 0 Å². The SMILES string of the molecule is Cc1cccc(-n2ccnc2CN2CCCC(Nc3ccccc3)C2)c1. The van der Waals surface area contributed by atoms with Crippen LogP contribution in [0.15, 0.2) is 67.0 Å². The Morgan fingerprint density at radius 3 is 2.85 bits per heavy atom. The van der Waals surface area contributed by atoms with Crippen molar-refractivity contribution in [2.75, 3.05) is 18.4 Å². The fourth-order valence-corrected chi connectivity index (χ4v) is 3.75. The number of imidazole rings is 1. The summed E-state index contributed by atoms with van der Waals surface area (Å²) in [4.78, 5) is 7.14. The zero-order chi connectivity index (χ0) is 17.8. The highest BCUT2D eigenvalue weighted by Crippen LogP contribution is 2.19. The molecule has 0 bridgehead atoms. The lowest BCUT2D eigenvalue weighted by atomic mass is 10.1. The molecule has 1 atom stereocenters. The molecule has 1 aliphatic heterocycles. The van der Waals surface area contributed by atoms with E-state index in [2.05, 4.69) is 87.5 Å². The molecule has 2 heterocycles. The van der Waals surface area contributed by atoms with Crippen LogP contribution >= 0.6 is 0 Å². The van der Waals surface area contributed by atoms with E-state index in [1.165, 1.54) is 29.8 Å². The van der Waals surface area contributed by atoms with E-state index in [0.717, 1.165) is 25.5 Å². The largest absolute Gasteiger partial charge is 0.381 e. The van der Waals surface area contributed by atoms with Gasteiger partial charge in [0.25, 0.3) is 0 Å². The van der Waals surface area contributed by atoms with Gasteiger partial charge in [0.05, 0.1) is 6.54 Å². The first kappa shape index (κ1) is 16.9. The molecule has 4 nitrogen and oxygen atoms in total. The van der Waals surface area contributed by atoms with Crippen LogP contribution in [-0.2, 0) is 6.54 Å². The number of benzene rings is 2. The summed E-state index contributed by atoms with van der Waals surface area (Å²) in [5.74, 6) is 1.11. The summed E-state index contributed by atoms with van der Waals surface area (Å²) in [5.41, 5.74) is 3.67. The van der Waals surface area contributed by atoms with E-state index in [9.17, 15) is 0 Å². The molecule has 1 saturated heterocycles. The first-order chi connectivity index (χ1) is 12.8. The topological polar surface area (TPSA) is 33.1 Å². The van der Waals surface area contributed by atoms with Crippen molar-refractivity contribution in [2.24, 2.45) is 0 Å². The number of aryl methyl sites for hydroxylation is 1. The maximum atomic E-state index is 4.63. The van der Waals surface area contributed by atoms with Crippen molar-refractivity contribution in [1.82, 2.24) is 14.5 Å². The van der Waals surface area contributed by atoms with Gasteiger partial charge in [0.2, 0.25) is 0 Å². The highest BCUT2D eigenvalue weighted by Gasteiger charge is 2.21. The van der Waals surface area contributed by atoms with Crippen LogP contribution in [0.1, 0.15) is 24.2 Å². The molecule has 0 radical (unpaired) electrons. The van der Waals surface area contributed by atoms with Gasteiger partial charge in [0.15, 0.2) is 0 Å². The first-order valence-corrected chi connectivity index (χ1v) is 9.41. The molecule has 1 aromatic heterocycles. The number of nitrogens with one attached hydrogen (secondary N) is 1. The van der Waals surface area contributed by atoms with Gasteiger partial charge in [0.1, 0.15) is 5.82 Å². The summed E-state index contributed by atoms with van der Waals surface area (Å²) >= 11 is 0. The second-order valence-electron chi connectivity index (χ2n) is 7.14. The van der Waals surface area contributed by atoms with E-state index >= 15 is 0 Å². The maximum absolute atomic E-state index is 4.63. The Morgan fingerprint density at radius 2 is 2.00 bits per heavy atom. The summed E-state index contributed by atoms with van der Waals surface area (Å²) < 4.78 is 2.21. The maximum Gasteiger partial charge on any atom is 0.127 e. The van der Waals surface area contributed by atoms with Crippen LogP contribution in [-0.4, -0.2) is 33.6 Å². The Kier molecular flexibility index (Phi) is 5.02. The van der Waals surface area contributed by atoms with Crippen molar-refractivity contribution in [2.45, 2.75) is 32.4 Å². The Bertz CT molecular complexity index is 840. The molecule has 1 N–H and O–H groups in total. The summed E-state index contributed by atoms with van der Waals surface area (Å²) in [5, 5.41) is 3.68. The van der Waals surface area contributed by atoms with Gasteiger partial charge in [-0.15, -0.1) is 0 Å². The third-order valence-corrected chi connectivity index (χ3v) is 5.01. The smallest absolute Gasteiger partial charge is 0.127 e. The van der Waals surface area contributed by atoms with Crippen LogP contribution in [0.25, 0.3) is 5.69 Å². The molecule has 0 spiro atoms. The summed E-state index contributed by atoms with van der Waals surface area (Å²) in [6.45, 7) is 5.20. The molecular weight excluding hydrogens is 320 g/mol. The number of likely N-dealkylation sites (tertiary alicyclic amines) is 1. The van der Waals surface area contributed by atoms with Gasteiger partial charge in [-0.2, -0.15) is 0 Å². The van der Waals surface area contributed by atoms with Crippen LogP contribution in [0.5, 0.6) is 0 Å². The summed E-state index contributed by atoms with van der Waals surface area (Å²) in [6.07, 6.45) is 6.41. The Hall–Kier alpha value is -2.59. The van der Waals surface area contributed by atoms with E-state index in [1.54, 1.807) is 0 Å². The zero-order valence-electron chi connectivity index (χ0n) is 15.3. The van der Waals surface area contributed by atoms with Crippen molar-refractivity contribution >= 4 is 5.69 Å². The average Bonchev–Trinajstić information content (AvgIpc) is 3.11. The first-order valence-electron chi connectivity index (χ1n) is 9.41. The van der Waals surface area contributed by atoms with Crippen LogP contribution < -0.4 is 5.32 Å². The summed E-state index contributed by atoms with van der Waals surface area (Å²) in [6, 6.07) is 19.6. The van der Waals surface area contributed by atoms with E-state index in [1.807, 2.05) is 6.20 Å². The predicted molar refractivity (Wildman–Crippen MR) is 107 cm³/mol. The molecule has 1 fully saturated rings. The Morgan fingerprint density at radius 1 is 1.12 bits per heavy atom. The number of piperidine rings is 1. The summed E-state index contributed by atoms with van der Waals surface area (Å²) in [7, 11) is 0. The van der Waals surface area contributed by atoms with Crippen LogP contribution in [0, 0.1) is 6.92 Å². The van der Waals surface area contributed by atoms with Crippen molar-refractivity contribution in [1.29, 1.82) is 0 Å². The number of nitrogens with zero attached hydrogens (tertiary/aromatic N) is 3. The fourth-order valence-electron chi connectivity index (χ4n) is 3.75. The van der Waals surface area contributed by atoms with Gasteiger partial charge in [-0.25, -0.2) is 4.98 Å². The molecule has 26 heavy (non-hydrogen) atoms. The van der Waals surface area contributed by atoms with Gasteiger partial charge in [0, 0.05) is 36.4 Å². The molecule has 1 unspecified atom stereocenters. The third kappa shape index (κ3) is 3.97. The number of hydrogen-bond donors (Lipinski definition) is 1. The lowest BCUT2D eigenvalue weighted by Gasteiger charge is -2.33. The zero-order valence-corrected chi connectivity index (χ0v) is 15.3. The van der Waals surface area contributed by atoms with E-state index < -0.39 is 0 Å². The molecule has 0 aliphatic carbocycles. The minimum atomic E-state index is 0.494. The highest BCUT2D eigenvalue weighted by atomic mass is 15.2. The molecule has 134 valence electrons. The van der Waals surface area contributed by atoms with Crippen LogP contribution in [0.2, 0.25) is 0 Å². The van der Waals surface area contributed by atoms with E-state index in [4.69, 9.17) is 0 Å².